The van der Waals surface area contributed by atoms with E-state index in [1.165, 1.54) is 11.1 Å². The van der Waals surface area contributed by atoms with Crippen LogP contribution in [0.25, 0.3) is 0 Å². The molecule has 0 aromatic heterocycles. The van der Waals surface area contributed by atoms with Crippen LogP contribution in [0.3, 0.4) is 0 Å². The molecule has 0 amide bonds. The van der Waals surface area contributed by atoms with Crippen molar-refractivity contribution in [2.45, 2.75) is 26.4 Å². The summed E-state index contributed by atoms with van der Waals surface area (Å²) in [6.07, 6.45) is 0. The third-order valence-electron chi connectivity index (χ3n) is 2.29. The summed E-state index contributed by atoms with van der Waals surface area (Å²) >= 11 is 0. The van der Waals surface area contributed by atoms with E-state index in [4.69, 9.17) is 0 Å². The fourth-order valence-electron chi connectivity index (χ4n) is 1.38. The van der Waals surface area contributed by atoms with Gasteiger partial charge in [-0.3, -0.25) is 0 Å². The van der Waals surface area contributed by atoms with E-state index in [0.29, 0.717) is 6.04 Å². The van der Waals surface area contributed by atoms with Crippen LogP contribution in [0.2, 0.25) is 0 Å². The monoisotopic (exact) mass is 192 g/mol. The Labute approximate surface area is 86.7 Å². The summed E-state index contributed by atoms with van der Waals surface area (Å²) in [5.41, 5.74) is 2.66. The Morgan fingerprint density at radius 2 is 1.86 bits per heavy atom. The molecule has 0 fully saturated rings. The molecule has 0 spiro atoms. The van der Waals surface area contributed by atoms with E-state index >= 15 is 0 Å². The van der Waals surface area contributed by atoms with Crippen LogP contribution in [0.4, 0.5) is 0 Å². The predicted molar refractivity (Wildman–Crippen MR) is 61.4 cm³/mol. The first-order chi connectivity index (χ1) is 6.72. The second kappa shape index (κ2) is 5.78. The minimum absolute atomic E-state index is 0.515. The molecule has 1 aromatic carbocycles. The van der Waals surface area contributed by atoms with E-state index in [0.717, 1.165) is 13.1 Å². The van der Waals surface area contributed by atoms with E-state index < -0.39 is 0 Å². The molecule has 1 unspecified atom stereocenters. The van der Waals surface area contributed by atoms with Gasteiger partial charge in [0.2, 0.25) is 0 Å². The number of rotatable bonds is 5. The van der Waals surface area contributed by atoms with Crippen molar-refractivity contribution in [1.29, 1.82) is 0 Å². The van der Waals surface area contributed by atoms with E-state index in [1.807, 2.05) is 7.05 Å². The number of hydrogen-bond acceptors (Lipinski definition) is 2. The number of likely N-dealkylation sites (N-methyl/N-ethyl adjacent to an activating group) is 1. The Bertz CT molecular complexity index is 254. The van der Waals surface area contributed by atoms with Crippen LogP contribution in [0.1, 0.15) is 18.1 Å². The van der Waals surface area contributed by atoms with Gasteiger partial charge in [0.25, 0.3) is 0 Å². The standard InChI is InChI=1S/C12H20N2/c1-10-4-6-12(7-5-10)9-14-11(2)8-13-3/h4-7,11,13-14H,8-9H2,1-3H3. The van der Waals surface area contributed by atoms with Gasteiger partial charge in [0.1, 0.15) is 0 Å². The molecular weight excluding hydrogens is 172 g/mol. The van der Waals surface area contributed by atoms with Gasteiger partial charge < -0.3 is 10.6 Å². The first-order valence-electron chi connectivity index (χ1n) is 5.16. The maximum atomic E-state index is 3.46. The lowest BCUT2D eigenvalue weighted by atomic mass is 10.1. The van der Waals surface area contributed by atoms with Crippen molar-refractivity contribution in [1.82, 2.24) is 10.6 Å². The molecule has 0 saturated heterocycles. The van der Waals surface area contributed by atoms with Crippen LogP contribution in [0, 0.1) is 6.92 Å². The minimum atomic E-state index is 0.515. The van der Waals surface area contributed by atoms with E-state index in [1.54, 1.807) is 0 Å². The number of hydrogen-bond donors (Lipinski definition) is 2. The predicted octanol–water partition coefficient (Wildman–Crippen LogP) is 1.69. The van der Waals surface area contributed by atoms with Crippen LogP contribution in [0.5, 0.6) is 0 Å². The van der Waals surface area contributed by atoms with Crippen LogP contribution in [-0.2, 0) is 6.54 Å². The highest BCUT2D eigenvalue weighted by atomic mass is 15.0. The van der Waals surface area contributed by atoms with Crippen molar-refractivity contribution in [2.24, 2.45) is 0 Å². The Kier molecular flexibility index (Phi) is 4.63. The molecule has 0 bridgehead atoms. The summed E-state index contributed by atoms with van der Waals surface area (Å²) in [6, 6.07) is 9.17. The lowest BCUT2D eigenvalue weighted by Gasteiger charge is -2.13. The maximum absolute atomic E-state index is 3.46. The lowest BCUT2D eigenvalue weighted by molar-refractivity contribution is 0.523. The Hall–Kier alpha value is -0.860. The van der Waals surface area contributed by atoms with Crippen molar-refractivity contribution < 1.29 is 0 Å². The van der Waals surface area contributed by atoms with E-state index in [2.05, 4.69) is 48.7 Å². The SMILES string of the molecule is CNCC(C)NCc1ccc(C)cc1. The van der Waals surface area contributed by atoms with Crippen LogP contribution >= 0.6 is 0 Å². The number of nitrogens with one attached hydrogen (secondary N) is 2. The third-order valence-corrected chi connectivity index (χ3v) is 2.29. The highest BCUT2D eigenvalue weighted by Crippen LogP contribution is 2.02. The van der Waals surface area contributed by atoms with Gasteiger partial charge in [-0.15, -0.1) is 0 Å². The molecule has 0 aliphatic heterocycles. The fourth-order valence-corrected chi connectivity index (χ4v) is 1.38. The zero-order valence-electron chi connectivity index (χ0n) is 9.30. The molecule has 1 atom stereocenters. The highest BCUT2D eigenvalue weighted by Gasteiger charge is 1.98. The Morgan fingerprint density at radius 3 is 2.43 bits per heavy atom. The quantitative estimate of drug-likeness (QED) is 0.742. The molecule has 2 nitrogen and oxygen atoms in total. The topological polar surface area (TPSA) is 24.1 Å². The highest BCUT2D eigenvalue weighted by molar-refractivity contribution is 5.21. The average molecular weight is 192 g/mol. The van der Waals surface area contributed by atoms with Gasteiger partial charge in [-0.1, -0.05) is 29.8 Å². The first kappa shape index (κ1) is 11.2. The van der Waals surface area contributed by atoms with Crippen LogP contribution in [-0.4, -0.2) is 19.6 Å². The van der Waals surface area contributed by atoms with Gasteiger partial charge in [-0.25, -0.2) is 0 Å². The van der Waals surface area contributed by atoms with Gasteiger partial charge in [-0.05, 0) is 26.5 Å². The molecule has 78 valence electrons. The number of benzene rings is 1. The largest absolute Gasteiger partial charge is 0.318 e. The molecular formula is C12H20N2. The lowest BCUT2D eigenvalue weighted by Crippen LogP contribution is -2.34. The third kappa shape index (κ3) is 3.90. The molecule has 0 heterocycles. The molecule has 14 heavy (non-hydrogen) atoms. The molecule has 0 radical (unpaired) electrons. The summed E-state index contributed by atoms with van der Waals surface area (Å²) in [7, 11) is 1.98. The zero-order chi connectivity index (χ0) is 10.4. The number of aryl methyl sites for hydroxylation is 1. The van der Waals surface area contributed by atoms with E-state index in [-0.39, 0.29) is 0 Å². The fraction of sp³-hybridized carbons (Fsp3) is 0.500. The smallest absolute Gasteiger partial charge is 0.0208 e. The summed E-state index contributed by atoms with van der Waals surface area (Å²) in [5.74, 6) is 0. The van der Waals surface area contributed by atoms with Crippen molar-refractivity contribution in [3.05, 3.63) is 35.4 Å². The molecule has 0 aliphatic rings. The summed E-state index contributed by atoms with van der Waals surface area (Å²) < 4.78 is 0. The van der Waals surface area contributed by atoms with Crippen LogP contribution in [0.15, 0.2) is 24.3 Å². The van der Waals surface area contributed by atoms with Gasteiger partial charge >= 0.3 is 0 Å². The molecule has 1 rings (SSSR count). The van der Waals surface area contributed by atoms with Crippen molar-refractivity contribution >= 4 is 0 Å². The van der Waals surface area contributed by atoms with Gasteiger partial charge in [-0.2, -0.15) is 0 Å². The Morgan fingerprint density at radius 1 is 1.21 bits per heavy atom. The molecule has 2 heteroatoms. The van der Waals surface area contributed by atoms with Gasteiger partial charge in [0.05, 0.1) is 0 Å². The Balaban J connectivity index is 2.34. The van der Waals surface area contributed by atoms with E-state index in [9.17, 15) is 0 Å². The normalized spacial score (nSPS) is 12.8. The van der Waals surface area contributed by atoms with Crippen molar-refractivity contribution in [3.8, 4) is 0 Å². The van der Waals surface area contributed by atoms with Crippen molar-refractivity contribution in [3.63, 3.8) is 0 Å². The summed E-state index contributed by atoms with van der Waals surface area (Å²) in [5, 5.41) is 6.61. The molecule has 0 saturated carbocycles. The molecule has 2 N–H and O–H groups in total. The second-order valence-corrected chi connectivity index (χ2v) is 3.83. The minimum Gasteiger partial charge on any atom is -0.318 e. The second-order valence-electron chi connectivity index (χ2n) is 3.83. The van der Waals surface area contributed by atoms with Gasteiger partial charge in [0, 0.05) is 19.1 Å². The molecule has 1 aromatic rings. The summed E-state index contributed by atoms with van der Waals surface area (Å²) in [6.45, 7) is 6.25. The maximum Gasteiger partial charge on any atom is 0.0208 e. The molecule has 0 aliphatic carbocycles. The zero-order valence-corrected chi connectivity index (χ0v) is 9.30. The van der Waals surface area contributed by atoms with Gasteiger partial charge in [0.15, 0.2) is 0 Å². The van der Waals surface area contributed by atoms with Crippen molar-refractivity contribution in [2.75, 3.05) is 13.6 Å². The average Bonchev–Trinajstić information content (AvgIpc) is 2.17. The summed E-state index contributed by atoms with van der Waals surface area (Å²) in [4.78, 5) is 0. The first-order valence-corrected chi connectivity index (χ1v) is 5.16. The van der Waals surface area contributed by atoms with Crippen LogP contribution < -0.4 is 10.6 Å².